The molecule has 0 radical (unpaired) electrons. The van der Waals surface area contributed by atoms with Crippen molar-refractivity contribution in [2.24, 2.45) is 0 Å². The summed E-state index contributed by atoms with van der Waals surface area (Å²) in [4.78, 5) is 71.2. The number of halogens is 2. The zero-order valence-electron chi connectivity index (χ0n) is 32.3. The van der Waals surface area contributed by atoms with Gasteiger partial charge in [-0.2, -0.15) is 0 Å². The third kappa shape index (κ3) is 7.08. The Balaban J connectivity index is 0.889. The number of hydrogen-bond donors (Lipinski definition) is 3. The van der Waals surface area contributed by atoms with Crippen LogP contribution in [-0.4, -0.2) is 69.9 Å². The van der Waals surface area contributed by atoms with E-state index in [2.05, 4.69) is 15.6 Å². The van der Waals surface area contributed by atoms with Gasteiger partial charge in [0.05, 0.1) is 46.6 Å². The minimum Gasteiger partial charge on any atom is -0.458 e. The summed E-state index contributed by atoms with van der Waals surface area (Å²) in [6.45, 7) is 2.44. The number of aliphatic hydroxyl groups is 1. The van der Waals surface area contributed by atoms with Crippen molar-refractivity contribution >= 4 is 46.4 Å². The summed E-state index contributed by atoms with van der Waals surface area (Å²) in [6.07, 6.45) is -2.04. The molecular weight excluding hydrogens is 785 g/mol. The smallest absolute Gasteiger partial charge is 0.410 e. The van der Waals surface area contributed by atoms with Gasteiger partial charge < -0.3 is 39.4 Å². The number of fused-ring (bicyclic) bond motifs is 8. The fraction of sp³-hybridized carbons (Fsp3) is 0.302. The second-order valence-corrected chi connectivity index (χ2v) is 15.2. The molecule has 3 aromatic carbocycles. The number of benzene rings is 3. The maximum Gasteiger partial charge on any atom is 0.410 e. The fourth-order valence-electron chi connectivity index (χ4n) is 7.97. The highest BCUT2D eigenvalue weighted by molar-refractivity contribution is 6.31. The van der Waals surface area contributed by atoms with E-state index in [1.807, 2.05) is 48.5 Å². The van der Waals surface area contributed by atoms with E-state index in [-0.39, 0.29) is 67.5 Å². The van der Waals surface area contributed by atoms with Crippen molar-refractivity contribution < 1.29 is 42.9 Å². The summed E-state index contributed by atoms with van der Waals surface area (Å²) in [7, 11) is 1.46. The van der Waals surface area contributed by atoms with E-state index in [0.717, 1.165) is 22.3 Å². The zero-order valence-corrected chi connectivity index (χ0v) is 33.0. The molecule has 304 valence electrons. The maximum atomic E-state index is 14.7. The first-order valence-corrected chi connectivity index (χ1v) is 19.4. The Kier molecular flexibility index (Phi) is 10.4. The lowest BCUT2D eigenvalue weighted by atomic mass is 9.86. The highest BCUT2D eigenvalue weighted by Gasteiger charge is 2.45. The van der Waals surface area contributed by atoms with Gasteiger partial charge >= 0.3 is 12.1 Å². The van der Waals surface area contributed by atoms with Crippen molar-refractivity contribution in [3.63, 3.8) is 0 Å². The lowest BCUT2D eigenvalue weighted by Gasteiger charge is -2.31. The van der Waals surface area contributed by atoms with E-state index in [4.69, 9.17) is 25.8 Å². The van der Waals surface area contributed by atoms with Crippen LogP contribution in [0.25, 0.3) is 33.4 Å². The van der Waals surface area contributed by atoms with Crippen molar-refractivity contribution in [3.8, 4) is 22.5 Å². The van der Waals surface area contributed by atoms with Crippen LogP contribution in [0.1, 0.15) is 66.2 Å². The van der Waals surface area contributed by atoms with E-state index in [0.29, 0.717) is 27.9 Å². The van der Waals surface area contributed by atoms with Crippen molar-refractivity contribution in [1.29, 1.82) is 0 Å². The number of rotatable bonds is 11. The topological polar surface area (TPSA) is 178 Å². The number of carbonyl (C=O) groups excluding carboxylic acids is 4. The Hall–Kier alpha value is -6.16. The first-order chi connectivity index (χ1) is 28.3. The maximum absolute atomic E-state index is 14.7. The normalized spacial score (nSPS) is 16.6. The van der Waals surface area contributed by atoms with Crippen LogP contribution in [0.5, 0.6) is 0 Å². The second kappa shape index (κ2) is 15.5. The summed E-state index contributed by atoms with van der Waals surface area (Å²) < 4.78 is 32.9. The van der Waals surface area contributed by atoms with Gasteiger partial charge in [0.2, 0.25) is 11.8 Å². The van der Waals surface area contributed by atoms with Crippen molar-refractivity contribution in [2.75, 3.05) is 20.3 Å². The highest BCUT2D eigenvalue weighted by atomic mass is 35.5. The minimum absolute atomic E-state index is 0.0321. The molecule has 0 saturated carbocycles. The molecule has 3 aliphatic rings. The van der Waals surface area contributed by atoms with Gasteiger partial charge in [0.25, 0.3) is 5.56 Å². The predicted molar refractivity (Wildman–Crippen MR) is 212 cm³/mol. The molecule has 2 atom stereocenters. The molecule has 0 saturated heterocycles. The van der Waals surface area contributed by atoms with Crippen LogP contribution in [0, 0.1) is 5.82 Å². The Morgan fingerprint density at radius 1 is 1.05 bits per heavy atom. The van der Waals surface area contributed by atoms with Crippen LogP contribution >= 0.6 is 11.6 Å². The Bertz CT molecular complexity index is 2610. The molecule has 0 spiro atoms. The summed E-state index contributed by atoms with van der Waals surface area (Å²) in [6, 6.07) is 19.5. The molecule has 59 heavy (non-hydrogen) atoms. The lowest BCUT2D eigenvalue weighted by molar-refractivity contribution is -0.172. The molecule has 4 heterocycles. The van der Waals surface area contributed by atoms with Crippen molar-refractivity contribution in [1.82, 2.24) is 25.1 Å². The third-order valence-electron chi connectivity index (χ3n) is 11.1. The summed E-state index contributed by atoms with van der Waals surface area (Å²) in [5, 5.41) is 17.0. The number of pyridine rings is 2. The summed E-state index contributed by atoms with van der Waals surface area (Å²) >= 11 is 6.19. The molecule has 8 rings (SSSR count). The molecule has 3 N–H and O–H groups in total. The van der Waals surface area contributed by atoms with Crippen LogP contribution in [0.3, 0.4) is 0 Å². The third-order valence-corrected chi connectivity index (χ3v) is 11.4. The standard InChI is InChI=1S/C43H39ClFN5O9/c1-4-43(56)31-15-35-38-29(18-50(35)40(53)30(31)20-57-41(43)54)28(27-14-32(44)33(45)16-34(27)48-38)17-46-36(51)13-22(2)58-21-47-37(52)19-49(3)42(55)59-39-25-11-7-5-9-23(25)24-10-6-8-12-26(24)39/h5-12,14-16,22,39,56H,4,13,17-21H2,1-3H3,(H,46,51)(H,47,52)/t22-,43+/m1/s1. The van der Waals surface area contributed by atoms with Crippen LogP contribution < -0.4 is 16.2 Å². The summed E-state index contributed by atoms with van der Waals surface area (Å²) in [5.74, 6) is -2.47. The molecule has 0 bridgehead atoms. The van der Waals surface area contributed by atoms with Crippen LogP contribution in [-0.2, 0) is 53.9 Å². The Labute approximate surface area is 341 Å². The molecule has 5 aromatic rings. The Morgan fingerprint density at radius 3 is 2.44 bits per heavy atom. The quantitative estimate of drug-likeness (QED) is 0.116. The van der Waals surface area contributed by atoms with Gasteiger partial charge in [-0.1, -0.05) is 67.1 Å². The average Bonchev–Trinajstić information content (AvgIpc) is 3.74. The molecule has 14 nitrogen and oxygen atoms in total. The number of amides is 3. The van der Waals surface area contributed by atoms with Gasteiger partial charge in [-0.05, 0) is 42.2 Å². The molecular formula is C43H39ClFN5O9. The number of carbonyl (C=O) groups is 4. The first-order valence-electron chi connectivity index (χ1n) is 19.0. The predicted octanol–water partition coefficient (Wildman–Crippen LogP) is 5.20. The molecule has 16 heteroatoms. The van der Waals surface area contributed by atoms with Crippen LogP contribution in [0.2, 0.25) is 5.02 Å². The first kappa shape index (κ1) is 39.7. The van der Waals surface area contributed by atoms with Gasteiger partial charge in [-0.25, -0.2) is 19.0 Å². The van der Waals surface area contributed by atoms with E-state index >= 15 is 0 Å². The fourth-order valence-corrected chi connectivity index (χ4v) is 8.13. The zero-order chi connectivity index (χ0) is 41.7. The van der Waals surface area contributed by atoms with E-state index in [1.54, 1.807) is 19.9 Å². The van der Waals surface area contributed by atoms with Crippen LogP contribution in [0.4, 0.5) is 9.18 Å². The van der Waals surface area contributed by atoms with E-state index in [9.17, 15) is 33.5 Å². The average molecular weight is 824 g/mol. The lowest BCUT2D eigenvalue weighted by Crippen LogP contribution is -2.44. The second-order valence-electron chi connectivity index (χ2n) is 14.8. The molecule has 2 aromatic heterocycles. The van der Waals surface area contributed by atoms with Crippen LogP contribution in [0.15, 0.2) is 71.5 Å². The molecule has 2 aliphatic heterocycles. The monoisotopic (exact) mass is 823 g/mol. The number of esters is 1. The number of cyclic esters (lactones) is 1. The SMILES string of the molecule is CC[C@@]1(O)C(=O)OCc2c1cc1n(c2=O)Cc2c-1nc1cc(F)c(Cl)cc1c2CNC(=O)C[C@@H](C)OCNC(=O)CN(C)C(=O)OC1c2ccccc2-c2ccccc21. The molecule has 0 unspecified atom stereocenters. The van der Waals surface area contributed by atoms with E-state index < -0.39 is 53.1 Å². The number of aromatic nitrogens is 2. The van der Waals surface area contributed by atoms with Crippen molar-refractivity contribution in [2.45, 2.75) is 64.2 Å². The van der Waals surface area contributed by atoms with Gasteiger partial charge in [0, 0.05) is 47.3 Å². The number of likely N-dealkylation sites (N-methyl/N-ethyl adjacent to an activating group) is 1. The number of ether oxygens (including phenoxy) is 3. The largest absolute Gasteiger partial charge is 0.458 e. The molecule has 3 amide bonds. The van der Waals surface area contributed by atoms with Gasteiger partial charge in [0.1, 0.15) is 25.7 Å². The van der Waals surface area contributed by atoms with E-state index in [1.165, 1.54) is 28.6 Å². The number of hydrogen-bond acceptors (Lipinski definition) is 10. The number of nitrogens with zero attached hydrogens (tertiary/aromatic N) is 3. The molecule has 1 aliphatic carbocycles. The number of nitrogens with one attached hydrogen (secondary N) is 2. The van der Waals surface area contributed by atoms with Gasteiger partial charge in [-0.15, -0.1) is 0 Å². The van der Waals surface area contributed by atoms with Gasteiger partial charge in [-0.3, -0.25) is 14.4 Å². The molecule has 0 fully saturated rings. The van der Waals surface area contributed by atoms with Crippen molar-refractivity contribution in [3.05, 3.63) is 121 Å². The Morgan fingerprint density at radius 2 is 1.75 bits per heavy atom. The minimum atomic E-state index is -2.03. The highest BCUT2D eigenvalue weighted by Crippen LogP contribution is 2.45. The van der Waals surface area contributed by atoms with Gasteiger partial charge in [0.15, 0.2) is 11.7 Å². The summed E-state index contributed by atoms with van der Waals surface area (Å²) in [5.41, 5.74) is 3.50.